The lowest BCUT2D eigenvalue weighted by Gasteiger charge is -2.45. The van der Waals surface area contributed by atoms with Crippen LogP contribution in [-0.4, -0.2) is 80.8 Å². The van der Waals surface area contributed by atoms with E-state index in [1.54, 1.807) is 0 Å². The molecule has 2 amide bonds. The molecule has 4 aliphatic carbocycles. The summed E-state index contributed by atoms with van der Waals surface area (Å²) in [6, 6.07) is 18.0. The van der Waals surface area contributed by atoms with Gasteiger partial charge in [0.15, 0.2) is 0 Å². The van der Waals surface area contributed by atoms with Crippen LogP contribution in [0.5, 0.6) is 0 Å². The maximum atomic E-state index is 13.0. The van der Waals surface area contributed by atoms with E-state index in [2.05, 4.69) is 146 Å². The van der Waals surface area contributed by atoms with E-state index in [0.717, 1.165) is 118 Å². The number of benzene rings is 3. The maximum absolute atomic E-state index is 13.0. The molecule has 396 valence electrons. The predicted molar refractivity (Wildman–Crippen MR) is 302 cm³/mol. The third-order valence-corrected chi connectivity index (χ3v) is 17.7. The molecule has 0 spiro atoms. The normalized spacial score (nSPS) is 27.8. The maximum Gasteiger partial charge on any atom is 0.239 e. The Morgan fingerprint density at radius 2 is 1.04 bits per heavy atom. The number of nitrogens with one attached hydrogen (secondary N) is 4. The topological polar surface area (TPSA) is 173 Å². The van der Waals surface area contributed by atoms with Crippen LogP contribution in [0.3, 0.4) is 0 Å². The fourth-order valence-corrected chi connectivity index (χ4v) is 12.4. The average Bonchev–Trinajstić information content (AvgIpc) is 4.10. The molecule has 0 unspecified atom stereocenters. The van der Waals surface area contributed by atoms with Crippen molar-refractivity contribution in [3.8, 4) is 0 Å². The minimum absolute atomic E-state index is 0.00150. The Morgan fingerprint density at radius 1 is 0.568 bits per heavy atom. The van der Waals surface area contributed by atoms with Gasteiger partial charge in [0.2, 0.25) is 11.8 Å². The Kier molecular flexibility index (Phi) is 15.3. The smallest absolute Gasteiger partial charge is 0.239 e. The summed E-state index contributed by atoms with van der Waals surface area (Å²) in [4.78, 5) is 42.7. The number of rotatable bonds is 12. The zero-order chi connectivity index (χ0) is 52.6. The van der Waals surface area contributed by atoms with Gasteiger partial charge in [-0.25, -0.2) is 9.97 Å². The van der Waals surface area contributed by atoms with Crippen molar-refractivity contribution in [3.05, 3.63) is 95.1 Å². The summed E-state index contributed by atoms with van der Waals surface area (Å²) in [6.07, 6.45) is 22.3. The van der Waals surface area contributed by atoms with Crippen LogP contribution in [0.4, 0.5) is 11.5 Å². The lowest BCUT2D eigenvalue weighted by Crippen LogP contribution is -2.49. The number of aliphatic hydroxyl groups is 2. The van der Waals surface area contributed by atoms with Crippen LogP contribution in [0.15, 0.2) is 88.4 Å². The largest absolute Gasteiger partial charge is 0.385 e. The lowest BCUT2D eigenvalue weighted by atomic mass is 9.64. The van der Waals surface area contributed by atoms with Crippen molar-refractivity contribution in [2.45, 2.75) is 192 Å². The van der Waals surface area contributed by atoms with Gasteiger partial charge in [-0.15, -0.1) is 0 Å². The summed E-state index contributed by atoms with van der Waals surface area (Å²) >= 11 is 0. The average molecular weight is 1010 g/mol. The fourth-order valence-electron chi connectivity index (χ4n) is 12.4. The highest BCUT2D eigenvalue weighted by Crippen LogP contribution is 2.48. The Morgan fingerprint density at radius 3 is 1.51 bits per heavy atom. The first kappa shape index (κ1) is 53.4. The van der Waals surface area contributed by atoms with Crippen LogP contribution in [0.2, 0.25) is 0 Å². The Balaban J connectivity index is 0.000000183. The van der Waals surface area contributed by atoms with Gasteiger partial charge in [-0.1, -0.05) is 86.6 Å². The number of anilines is 2. The predicted octanol–water partition coefficient (Wildman–Crippen LogP) is 11.5. The van der Waals surface area contributed by atoms with Gasteiger partial charge in [0, 0.05) is 66.2 Å². The van der Waals surface area contributed by atoms with Gasteiger partial charge in [0.25, 0.3) is 0 Å². The van der Waals surface area contributed by atoms with Crippen molar-refractivity contribution < 1.29 is 19.8 Å². The van der Waals surface area contributed by atoms with Crippen molar-refractivity contribution in [2.24, 2.45) is 33.7 Å². The van der Waals surface area contributed by atoms with E-state index in [0.29, 0.717) is 29.5 Å². The second-order valence-electron chi connectivity index (χ2n) is 26.0. The molecule has 3 aromatic carbocycles. The van der Waals surface area contributed by atoms with E-state index in [1.807, 2.05) is 30.9 Å². The molecule has 3 heterocycles. The molecule has 0 saturated heterocycles. The summed E-state index contributed by atoms with van der Waals surface area (Å²) in [6.45, 7) is 20.4. The van der Waals surface area contributed by atoms with Crippen molar-refractivity contribution in [1.82, 2.24) is 20.6 Å². The van der Waals surface area contributed by atoms with Crippen LogP contribution < -0.4 is 21.3 Å². The number of carbonyl (C=O) groups excluding carboxylic acids is 2. The Bertz CT molecular complexity index is 2820. The number of aromatic nitrogens is 2. The van der Waals surface area contributed by atoms with E-state index in [-0.39, 0.29) is 53.2 Å². The van der Waals surface area contributed by atoms with Gasteiger partial charge < -0.3 is 31.5 Å². The van der Waals surface area contributed by atoms with E-state index >= 15 is 0 Å². The van der Waals surface area contributed by atoms with Crippen molar-refractivity contribution in [3.63, 3.8) is 0 Å². The van der Waals surface area contributed by atoms with Gasteiger partial charge in [0.1, 0.15) is 12.1 Å². The third-order valence-electron chi connectivity index (χ3n) is 17.7. The molecule has 4 saturated carbocycles. The molecule has 12 heteroatoms. The van der Waals surface area contributed by atoms with Crippen molar-refractivity contribution in [2.75, 3.05) is 23.7 Å². The van der Waals surface area contributed by atoms with E-state index in [1.165, 1.54) is 33.8 Å². The lowest BCUT2D eigenvalue weighted by molar-refractivity contribution is -0.122. The molecule has 4 fully saturated rings. The molecule has 74 heavy (non-hydrogen) atoms. The summed E-state index contributed by atoms with van der Waals surface area (Å²) in [5.41, 5.74) is 6.62. The Labute approximate surface area is 440 Å². The molecule has 6 N–H and O–H groups in total. The molecule has 12 nitrogen and oxygen atoms in total. The summed E-state index contributed by atoms with van der Waals surface area (Å²) < 4.78 is 0. The SMILES string of the molecule is CC(C)(C)c1cc(NCC(=O)NC2CC(C3CCC(O)(C4=CN=CC4)CC3)C2)c2cc(C(C)(C)C)ccc2c1.CC(C)(C)c1ccc2ncnc(NCC(=O)NC3CC(C4CCC(O)(C5=CN=CC5)CC4)C3)c2c1. The molecule has 0 radical (unpaired) electrons. The first-order valence-electron chi connectivity index (χ1n) is 27.8. The minimum atomic E-state index is -0.658. The van der Waals surface area contributed by atoms with Crippen molar-refractivity contribution in [1.29, 1.82) is 0 Å². The first-order valence-corrected chi connectivity index (χ1v) is 27.8. The van der Waals surface area contributed by atoms with Crippen LogP contribution in [0.1, 0.15) is 169 Å². The summed E-state index contributed by atoms with van der Waals surface area (Å²) in [5, 5.41) is 38.5. The van der Waals surface area contributed by atoms with Gasteiger partial charge in [-0.3, -0.25) is 19.6 Å². The molecule has 10 rings (SSSR count). The number of nitrogens with zero attached hydrogens (tertiary/aromatic N) is 4. The number of fused-ring (bicyclic) bond motifs is 2. The first-order chi connectivity index (χ1) is 35.0. The molecule has 0 atom stereocenters. The van der Waals surface area contributed by atoms with Crippen LogP contribution in [-0.2, 0) is 25.8 Å². The molecule has 2 aliphatic heterocycles. The number of amides is 2. The second kappa shape index (κ2) is 21.3. The molecule has 1 aromatic heterocycles. The summed E-state index contributed by atoms with van der Waals surface area (Å²) in [7, 11) is 0. The number of hydrogen-bond acceptors (Lipinski definition) is 10. The van der Waals surface area contributed by atoms with Crippen LogP contribution in [0.25, 0.3) is 21.7 Å². The molecular weight excluding hydrogens is 921 g/mol. The van der Waals surface area contributed by atoms with E-state index in [4.69, 9.17) is 0 Å². The van der Waals surface area contributed by atoms with E-state index in [9.17, 15) is 19.8 Å². The highest BCUT2D eigenvalue weighted by molar-refractivity contribution is 5.97. The van der Waals surface area contributed by atoms with Crippen LogP contribution in [0, 0.1) is 23.7 Å². The minimum Gasteiger partial charge on any atom is -0.385 e. The third kappa shape index (κ3) is 12.3. The van der Waals surface area contributed by atoms with Crippen molar-refractivity contribution >= 4 is 57.4 Å². The number of hydrogen-bond donors (Lipinski definition) is 6. The zero-order valence-corrected chi connectivity index (χ0v) is 45.8. The standard InChI is InChI=1S/C34H47N3O2.C28H37N5O2/c1-32(2,3)25-8-7-23-15-27(33(4,5)6)19-30(29(23)18-25)36-21-31(38)37-28-16-24(17-28)22-9-12-34(39,13-10-22)26-11-14-35-20-26;1-27(2,3)20-4-5-24-23(14-20)26(32-17-31-24)30-16-25(34)33-22-12-19(13-22)18-6-9-28(35,10-7-18)21-8-11-29-15-21/h7-8,14-15,18-20,22,24,28,36,39H,9-13,16-17,21H2,1-6H3,(H,37,38);4-5,11,14-15,17-19,22,35H,6-10,12-13,16H2,1-3H3,(H,33,34)(H,30,31,32). The van der Waals surface area contributed by atoms with Gasteiger partial charge in [-0.05, 0) is 174 Å². The zero-order valence-electron chi connectivity index (χ0n) is 45.8. The number of aliphatic imine (C=N–C) groups is 2. The highest BCUT2D eigenvalue weighted by Gasteiger charge is 2.44. The van der Waals surface area contributed by atoms with Crippen LogP contribution >= 0.6 is 0 Å². The van der Waals surface area contributed by atoms with Gasteiger partial charge in [-0.2, -0.15) is 0 Å². The molecule has 6 aliphatic rings. The quantitative estimate of drug-likeness (QED) is 0.0814. The molecular formula is C62H84N8O4. The Hall–Kier alpha value is -5.46. The number of carbonyl (C=O) groups is 2. The monoisotopic (exact) mass is 1000 g/mol. The summed E-state index contributed by atoms with van der Waals surface area (Å²) in [5.74, 6) is 3.36. The molecule has 4 aromatic rings. The second-order valence-corrected chi connectivity index (χ2v) is 26.0. The molecule has 0 bridgehead atoms. The fraction of sp³-hybridized carbons (Fsp3) is 0.581. The van der Waals surface area contributed by atoms with E-state index < -0.39 is 11.2 Å². The van der Waals surface area contributed by atoms with Gasteiger partial charge >= 0.3 is 0 Å². The van der Waals surface area contributed by atoms with Gasteiger partial charge in [0.05, 0.1) is 29.8 Å². The highest BCUT2D eigenvalue weighted by atomic mass is 16.3.